The van der Waals surface area contributed by atoms with E-state index in [0.29, 0.717) is 6.42 Å². The number of ether oxygens (including phenoxy) is 2. The van der Waals surface area contributed by atoms with E-state index in [4.69, 9.17) is 4.74 Å². The van der Waals surface area contributed by atoms with Gasteiger partial charge in [-0.05, 0) is 24.3 Å². The van der Waals surface area contributed by atoms with Crippen LogP contribution in [0.3, 0.4) is 0 Å². The maximum absolute atomic E-state index is 12.7. The number of non-ortho nitro benzene ring substituents is 2. The molecule has 0 N–H and O–H groups in total. The fourth-order valence-corrected chi connectivity index (χ4v) is 3.03. The number of nitro benzene ring substituents is 2. The molecule has 1 atom stereocenters. The van der Waals surface area contributed by atoms with Gasteiger partial charge in [-0.2, -0.15) is 0 Å². The Labute approximate surface area is 172 Å². The molecule has 1 saturated heterocycles. The summed E-state index contributed by atoms with van der Waals surface area (Å²) in [6.07, 6.45) is -4.90. The largest absolute Gasteiger partial charge is 0.573 e. The molecule has 13 heteroatoms. The number of rotatable bonds is 6. The van der Waals surface area contributed by atoms with Crippen molar-refractivity contribution in [2.45, 2.75) is 18.9 Å². The summed E-state index contributed by atoms with van der Waals surface area (Å²) >= 11 is 0. The number of alkyl halides is 3. The highest BCUT2D eigenvalue weighted by molar-refractivity contribution is 5.95. The van der Waals surface area contributed by atoms with Crippen LogP contribution in [-0.4, -0.2) is 46.2 Å². The van der Waals surface area contributed by atoms with Crippen LogP contribution in [0.2, 0.25) is 0 Å². The topological polar surface area (TPSA) is 125 Å². The fourth-order valence-electron chi connectivity index (χ4n) is 3.03. The maximum atomic E-state index is 12.7. The van der Waals surface area contributed by atoms with Crippen molar-refractivity contribution in [3.05, 3.63) is 68.3 Å². The molecule has 1 aliphatic rings. The Kier molecular flexibility index (Phi) is 5.95. The van der Waals surface area contributed by atoms with Crippen molar-refractivity contribution in [1.82, 2.24) is 4.90 Å². The number of nitro groups is 2. The van der Waals surface area contributed by atoms with E-state index >= 15 is 0 Å². The highest BCUT2D eigenvalue weighted by Crippen LogP contribution is 2.28. The molecule has 0 radical (unpaired) electrons. The number of carbonyl (C=O) groups excluding carboxylic acids is 1. The van der Waals surface area contributed by atoms with E-state index in [9.17, 15) is 38.2 Å². The minimum absolute atomic E-state index is 0.0934. The van der Waals surface area contributed by atoms with E-state index < -0.39 is 45.3 Å². The maximum Gasteiger partial charge on any atom is 0.573 e. The predicted octanol–water partition coefficient (Wildman–Crippen LogP) is 3.70. The molecule has 0 spiro atoms. The van der Waals surface area contributed by atoms with Gasteiger partial charge >= 0.3 is 6.36 Å². The zero-order valence-corrected chi connectivity index (χ0v) is 15.6. The molecular weight excluding hydrogens is 427 g/mol. The van der Waals surface area contributed by atoms with Gasteiger partial charge in [-0.25, -0.2) is 0 Å². The molecule has 0 aliphatic carbocycles. The first-order chi connectivity index (χ1) is 14.5. The van der Waals surface area contributed by atoms with Gasteiger partial charge in [0.1, 0.15) is 17.6 Å². The normalized spacial score (nSPS) is 16.1. The van der Waals surface area contributed by atoms with E-state index in [1.807, 2.05) is 0 Å². The van der Waals surface area contributed by atoms with Gasteiger partial charge in [0.15, 0.2) is 0 Å². The molecule has 1 amide bonds. The van der Waals surface area contributed by atoms with Crippen LogP contribution in [0.15, 0.2) is 42.5 Å². The van der Waals surface area contributed by atoms with Crippen LogP contribution in [-0.2, 0) is 0 Å². The number of halogens is 3. The SMILES string of the molecule is O=C(c1cc([N+](=O)[O-])cc([N+](=O)[O-])c1)N1CCC(Oc2ccc(OC(F)(F)F)cc2)C1. The lowest BCUT2D eigenvalue weighted by atomic mass is 10.1. The molecule has 1 aliphatic heterocycles. The van der Waals surface area contributed by atoms with E-state index in [1.165, 1.54) is 17.0 Å². The van der Waals surface area contributed by atoms with Crippen LogP contribution in [0.1, 0.15) is 16.8 Å². The average Bonchev–Trinajstić information content (AvgIpc) is 3.15. The number of nitrogens with zero attached hydrogens (tertiary/aromatic N) is 3. The third-order valence-electron chi connectivity index (χ3n) is 4.36. The zero-order chi connectivity index (χ0) is 22.8. The second-order valence-corrected chi connectivity index (χ2v) is 6.55. The van der Waals surface area contributed by atoms with Crippen LogP contribution in [0, 0.1) is 20.2 Å². The highest BCUT2D eigenvalue weighted by atomic mass is 19.4. The minimum Gasteiger partial charge on any atom is -0.489 e. The third kappa shape index (κ3) is 5.58. The van der Waals surface area contributed by atoms with Gasteiger partial charge in [-0.3, -0.25) is 25.0 Å². The lowest BCUT2D eigenvalue weighted by Crippen LogP contribution is -2.31. The highest BCUT2D eigenvalue weighted by Gasteiger charge is 2.32. The van der Waals surface area contributed by atoms with Gasteiger partial charge in [0.2, 0.25) is 0 Å². The van der Waals surface area contributed by atoms with Crippen LogP contribution >= 0.6 is 0 Å². The molecule has 1 heterocycles. The predicted molar refractivity (Wildman–Crippen MR) is 97.8 cm³/mol. The Balaban J connectivity index is 1.66. The average molecular weight is 441 g/mol. The summed E-state index contributed by atoms with van der Waals surface area (Å²) in [7, 11) is 0. The number of benzene rings is 2. The van der Waals surface area contributed by atoms with E-state index in [2.05, 4.69) is 4.74 Å². The van der Waals surface area contributed by atoms with Crippen molar-refractivity contribution in [1.29, 1.82) is 0 Å². The smallest absolute Gasteiger partial charge is 0.489 e. The fraction of sp³-hybridized carbons (Fsp3) is 0.278. The standard InChI is InChI=1S/C18H14F3N3O7/c19-18(20,21)31-15-3-1-14(2-4-15)30-16-5-6-22(10-16)17(25)11-7-12(23(26)27)9-13(8-11)24(28)29/h1-4,7-9,16H,5-6,10H2. The molecule has 0 aromatic heterocycles. The van der Waals surface area contributed by atoms with Crippen LogP contribution in [0.25, 0.3) is 0 Å². The first-order valence-corrected chi connectivity index (χ1v) is 8.77. The van der Waals surface area contributed by atoms with Crippen LogP contribution in [0.4, 0.5) is 24.5 Å². The molecule has 31 heavy (non-hydrogen) atoms. The van der Waals surface area contributed by atoms with Gasteiger partial charge in [0, 0.05) is 25.1 Å². The van der Waals surface area contributed by atoms with Crippen molar-refractivity contribution in [2.24, 2.45) is 0 Å². The molecule has 0 bridgehead atoms. The molecule has 3 rings (SSSR count). The summed E-state index contributed by atoms with van der Waals surface area (Å²) in [6.45, 7) is 0.325. The summed E-state index contributed by atoms with van der Waals surface area (Å²) in [5.74, 6) is -0.776. The van der Waals surface area contributed by atoms with Gasteiger partial charge in [0.25, 0.3) is 17.3 Å². The number of amides is 1. The van der Waals surface area contributed by atoms with E-state index in [-0.39, 0.29) is 24.4 Å². The minimum atomic E-state index is -4.81. The van der Waals surface area contributed by atoms with Gasteiger partial charge in [-0.15, -0.1) is 13.2 Å². The van der Waals surface area contributed by atoms with Crippen molar-refractivity contribution in [2.75, 3.05) is 13.1 Å². The Morgan fingerprint density at radius 2 is 1.55 bits per heavy atom. The second kappa shape index (κ2) is 8.45. The van der Waals surface area contributed by atoms with Gasteiger partial charge < -0.3 is 14.4 Å². The van der Waals surface area contributed by atoms with Crippen molar-refractivity contribution >= 4 is 17.3 Å². The Morgan fingerprint density at radius 1 is 1.00 bits per heavy atom. The monoisotopic (exact) mass is 441 g/mol. The Morgan fingerprint density at radius 3 is 2.06 bits per heavy atom. The third-order valence-corrected chi connectivity index (χ3v) is 4.36. The molecule has 2 aromatic carbocycles. The second-order valence-electron chi connectivity index (χ2n) is 6.55. The van der Waals surface area contributed by atoms with Crippen molar-refractivity contribution in [3.8, 4) is 11.5 Å². The summed E-state index contributed by atoms with van der Waals surface area (Å²) in [4.78, 5) is 34.3. The van der Waals surface area contributed by atoms with E-state index in [0.717, 1.165) is 30.3 Å². The summed E-state index contributed by atoms with van der Waals surface area (Å²) < 4.78 is 46.0. The molecule has 164 valence electrons. The van der Waals surface area contributed by atoms with Crippen molar-refractivity contribution < 1.29 is 37.3 Å². The number of likely N-dealkylation sites (tertiary alicyclic amines) is 1. The van der Waals surface area contributed by atoms with Crippen LogP contribution in [0.5, 0.6) is 11.5 Å². The molecule has 0 saturated carbocycles. The molecule has 1 fully saturated rings. The van der Waals surface area contributed by atoms with Gasteiger partial charge in [-0.1, -0.05) is 0 Å². The summed E-state index contributed by atoms with van der Waals surface area (Å²) in [5, 5.41) is 22.0. The first-order valence-electron chi connectivity index (χ1n) is 8.77. The summed E-state index contributed by atoms with van der Waals surface area (Å²) in [5.41, 5.74) is -1.35. The zero-order valence-electron chi connectivity index (χ0n) is 15.6. The molecular formula is C18H14F3N3O7. The quantitative estimate of drug-likeness (QED) is 0.494. The first kappa shape index (κ1) is 21.8. The number of hydrogen-bond acceptors (Lipinski definition) is 7. The lowest BCUT2D eigenvalue weighted by Gasteiger charge is -2.17. The van der Waals surface area contributed by atoms with Gasteiger partial charge in [0.05, 0.1) is 28.0 Å². The molecule has 10 nitrogen and oxygen atoms in total. The Bertz CT molecular complexity index is 979. The number of carbonyl (C=O) groups is 1. The lowest BCUT2D eigenvalue weighted by molar-refractivity contribution is -0.394. The number of hydrogen-bond donors (Lipinski definition) is 0. The molecule has 1 unspecified atom stereocenters. The molecule has 2 aromatic rings. The summed E-state index contributed by atoms with van der Waals surface area (Å²) in [6, 6.07) is 7.43. The van der Waals surface area contributed by atoms with E-state index in [1.54, 1.807) is 0 Å². The van der Waals surface area contributed by atoms with Crippen molar-refractivity contribution in [3.63, 3.8) is 0 Å². The van der Waals surface area contributed by atoms with Crippen LogP contribution < -0.4 is 9.47 Å². The Hall–Kier alpha value is -3.90.